The Hall–Kier alpha value is -2.34. The van der Waals surface area contributed by atoms with Gasteiger partial charge in [0.25, 0.3) is 11.8 Å². The number of halogens is 1. The summed E-state index contributed by atoms with van der Waals surface area (Å²) < 4.78 is 6.39. The average Bonchev–Trinajstić information content (AvgIpc) is 2.68. The zero-order valence-corrected chi connectivity index (χ0v) is 17.6. The number of nitrogens with one attached hydrogen (secondary N) is 2. The van der Waals surface area contributed by atoms with E-state index in [1.54, 1.807) is 24.3 Å². The van der Waals surface area contributed by atoms with E-state index in [9.17, 15) is 9.59 Å². The van der Waals surface area contributed by atoms with Crippen LogP contribution >= 0.6 is 15.9 Å². The Labute approximate surface area is 174 Å². The van der Waals surface area contributed by atoms with Crippen LogP contribution < -0.4 is 15.4 Å². The molecule has 2 aromatic carbocycles. The second kappa shape index (κ2) is 9.73. The van der Waals surface area contributed by atoms with Gasteiger partial charge < -0.3 is 15.4 Å². The zero-order chi connectivity index (χ0) is 19.9. The zero-order valence-electron chi connectivity index (χ0n) is 16.0. The quantitative estimate of drug-likeness (QED) is 0.669. The highest BCUT2D eigenvalue weighted by atomic mass is 79.9. The molecule has 28 heavy (non-hydrogen) atoms. The molecule has 0 aromatic heterocycles. The second-order valence-corrected chi connectivity index (χ2v) is 7.98. The molecule has 0 atom stereocenters. The molecule has 2 amide bonds. The monoisotopic (exact) mass is 444 g/mol. The van der Waals surface area contributed by atoms with Crippen molar-refractivity contribution in [3.63, 3.8) is 0 Å². The normalized spacial score (nSPS) is 14.4. The van der Waals surface area contributed by atoms with Crippen LogP contribution in [0.1, 0.15) is 48.0 Å². The number of hydrogen-bond donors (Lipinski definition) is 2. The minimum Gasteiger partial charge on any atom is -0.483 e. The molecule has 148 valence electrons. The Morgan fingerprint density at radius 2 is 1.86 bits per heavy atom. The number of benzene rings is 2. The summed E-state index contributed by atoms with van der Waals surface area (Å²) in [7, 11) is 0. The van der Waals surface area contributed by atoms with Crippen molar-refractivity contribution in [2.24, 2.45) is 0 Å². The van der Waals surface area contributed by atoms with Gasteiger partial charge in [-0.05, 0) is 65.5 Å². The average molecular weight is 445 g/mol. The van der Waals surface area contributed by atoms with Crippen molar-refractivity contribution >= 4 is 33.4 Å². The van der Waals surface area contributed by atoms with E-state index in [2.05, 4.69) is 26.6 Å². The van der Waals surface area contributed by atoms with Crippen LogP contribution in [-0.4, -0.2) is 24.5 Å². The van der Waals surface area contributed by atoms with Gasteiger partial charge in [-0.1, -0.05) is 37.5 Å². The van der Waals surface area contributed by atoms with Gasteiger partial charge >= 0.3 is 0 Å². The van der Waals surface area contributed by atoms with Crippen molar-refractivity contribution in [3.05, 3.63) is 58.1 Å². The molecule has 0 spiro atoms. The van der Waals surface area contributed by atoms with Gasteiger partial charge in [0, 0.05) is 6.04 Å². The first-order chi connectivity index (χ1) is 13.5. The number of carbonyl (C=O) groups excluding carboxylic acids is 2. The highest BCUT2D eigenvalue weighted by Gasteiger charge is 2.19. The van der Waals surface area contributed by atoms with Gasteiger partial charge in [0.15, 0.2) is 6.61 Å². The summed E-state index contributed by atoms with van der Waals surface area (Å²) in [4.78, 5) is 25.0. The van der Waals surface area contributed by atoms with E-state index >= 15 is 0 Å². The van der Waals surface area contributed by atoms with E-state index < -0.39 is 0 Å². The second-order valence-electron chi connectivity index (χ2n) is 7.12. The van der Waals surface area contributed by atoms with Gasteiger partial charge in [0.1, 0.15) is 5.75 Å². The van der Waals surface area contributed by atoms with Gasteiger partial charge in [-0.25, -0.2) is 0 Å². The van der Waals surface area contributed by atoms with Crippen LogP contribution in [-0.2, 0) is 4.79 Å². The maximum Gasteiger partial charge on any atom is 0.262 e. The predicted octanol–water partition coefficient (Wildman–Crippen LogP) is 4.84. The van der Waals surface area contributed by atoms with E-state index in [0.717, 1.165) is 35.7 Å². The molecule has 0 radical (unpaired) electrons. The maximum atomic E-state index is 12.7. The van der Waals surface area contributed by atoms with Crippen LogP contribution in [0.4, 0.5) is 5.69 Å². The summed E-state index contributed by atoms with van der Waals surface area (Å²) in [5.74, 6) is 0.138. The minimum atomic E-state index is -0.314. The third-order valence-electron chi connectivity index (χ3n) is 4.83. The molecule has 0 saturated heterocycles. The highest BCUT2D eigenvalue weighted by molar-refractivity contribution is 9.10. The summed E-state index contributed by atoms with van der Waals surface area (Å²) in [6, 6.07) is 12.9. The number of hydrogen-bond acceptors (Lipinski definition) is 3. The van der Waals surface area contributed by atoms with Gasteiger partial charge in [0.2, 0.25) is 0 Å². The van der Waals surface area contributed by atoms with Crippen molar-refractivity contribution in [3.8, 4) is 5.75 Å². The van der Waals surface area contributed by atoms with E-state index in [-0.39, 0.29) is 24.5 Å². The first kappa shape index (κ1) is 20.4. The molecule has 0 unspecified atom stereocenters. The van der Waals surface area contributed by atoms with Crippen LogP contribution in [0.2, 0.25) is 0 Å². The molecular weight excluding hydrogens is 420 g/mol. The number of carbonyl (C=O) groups is 2. The third kappa shape index (κ3) is 5.58. The van der Waals surface area contributed by atoms with Gasteiger partial charge in [-0.15, -0.1) is 0 Å². The standard InChI is InChI=1S/C22H25BrN2O3/c1-15-11-12-20(18(23)13-15)28-14-21(26)25-19-10-6-5-9-17(19)22(27)24-16-7-3-2-4-8-16/h5-6,9-13,16H,2-4,7-8,14H2,1H3,(H,24,27)(H,25,26). The van der Waals surface area contributed by atoms with Gasteiger partial charge in [0.05, 0.1) is 15.7 Å². The Balaban J connectivity index is 1.60. The number of rotatable bonds is 6. The molecular formula is C22H25BrN2O3. The molecule has 6 heteroatoms. The lowest BCUT2D eigenvalue weighted by Gasteiger charge is -2.23. The largest absolute Gasteiger partial charge is 0.483 e. The van der Waals surface area contributed by atoms with E-state index in [1.165, 1.54) is 6.42 Å². The van der Waals surface area contributed by atoms with Crippen LogP contribution in [0.5, 0.6) is 5.75 Å². The van der Waals surface area contributed by atoms with Crippen LogP contribution in [0.15, 0.2) is 46.9 Å². The van der Waals surface area contributed by atoms with Crippen molar-refractivity contribution in [2.75, 3.05) is 11.9 Å². The summed E-state index contributed by atoms with van der Waals surface area (Å²) >= 11 is 3.43. The lowest BCUT2D eigenvalue weighted by atomic mass is 9.95. The van der Waals surface area contributed by atoms with Crippen LogP contribution in [0.3, 0.4) is 0 Å². The van der Waals surface area contributed by atoms with E-state index in [4.69, 9.17) is 4.74 Å². The molecule has 3 rings (SSSR count). The molecule has 0 aliphatic heterocycles. The molecule has 1 aliphatic rings. The topological polar surface area (TPSA) is 67.4 Å². The number of ether oxygens (including phenoxy) is 1. The minimum absolute atomic E-state index is 0.139. The Morgan fingerprint density at radius 1 is 1.11 bits per heavy atom. The van der Waals surface area contributed by atoms with E-state index in [1.807, 2.05) is 25.1 Å². The molecule has 1 saturated carbocycles. The van der Waals surface area contributed by atoms with Crippen molar-refractivity contribution < 1.29 is 14.3 Å². The fourth-order valence-corrected chi connectivity index (χ4v) is 3.96. The summed E-state index contributed by atoms with van der Waals surface area (Å²) in [5, 5.41) is 5.88. The SMILES string of the molecule is Cc1ccc(OCC(=O)Nc2ccccc2C(=O)NC2CCCCC2)c(Br)c1. The smallest absolute Gasteiger partial charge is 0.262 e. The summed E-state index contributed by atoms with van der Waals surface area (Å²) in [6.07, 6.45) is 5.56. The molecule has 1 fully saturated rings. The maximum absolute atomic E-state index is 12.7. The van der Waals surface area contributed by atoms with Crippen LogP contribution in [0.25, 0.3) is 0 Å². The Morgan fingerprint density at radius 3 is 2.61 bits per heavy atom. The Bertz CT molecular complexity index is 847. The van der Waals surface area contributed by atoms with Crippen LogP contribution in [0, 0.1) is 6.92 Å². The van der Waals surface area contributed by atoms with Crippen molar-refractivity contribution in [2.45, 2.75) is 45.1 Å². The van der Waals surface area contributed by atoms with Crippen molar-refractivity contribution in [1.29, 1.82) is 0 Å². The molecule has 5 nitrogen and oxygen atoms in total. The molecule has 2 N–H and O–H groups in total. The van der Waals surface area contributed by atoms with Gasteiger partial charge in [-0.2, -0.15) is 0 Å². The third-order valence-corrected chi connectivity index (χ3v) is 5.45. The van der Waals surface area contributed by atoms with Gasteiger partial charge in [-0.3, -0.25) is 9.59 Å². The number of aryl methyl sites for hydroxylation is 1. The Kier molecular flexibility index (Phi) is 7.09. The van der Waals surface area contributed by atoms with E-state index in [0.29, 0.717) is 17.0 Å². The summed E-state index contributed by atoms with van der Waals surface area (Å²) in [5.41, 5.74) is 2.06. The molecule has 1 aliphatic carbocycles. The van der Waals surface area contributed by atoms with Crippen molar-refractivity contribution in [1.82, 2.24) is 5.32 Å². The number of anilines is 1. The fourth-order valence-electron chi connectivity index (χ4n) is 3.35. The molecule has 0 heterocycles. The lowest BCUT2D eigenvalue weighted by Crippen LogP contribution is -2.36. The summed E-state index contributed by atoms with van der Waals surface area (Å²) in [6.45, 7) is 1.84. The number of para-hydroxylation sites is 1. The predicted molar refractivity (Wildman–Crippen MR) is 114 cm³/mol. The lowest BCUT2D eigenvalue weighted by molar-refractivity contribution is -0.118. The fraction of sp³-hybridized carbons (Fsp3) is 0.364. The molecule has 2 aromatic rings. The first-order valence-corrected chi connectivity index (χ1v) is 10.4. The molecule has 0 bridgehead atoms. The number of amides is 2. The first-order valence-electron chi connectivity index (χ1n) is 9.61. The highest BCUT2D eigenvalue weighted by Crippen LogP contribution is 2.26.